The van der Waals surface area contributed by atoms with E-state index >= 15 is 0 Å². The molecular formula is C13H16ClFN2. The molecule has 3 rings (SSSR count). The Morgan fingerprint density at radius 3 is 2.71 bits per heavy atom. The van der Waals surface area contributed by atoms with Crippen molar-refractivity contribution in [2.24, 2.45) is 11.8 Å². The molecule has 2 fully saturated rings. The molecule has 2 aliphatic heterocycles. The van der Waals surface area contributed by atoms with Crippen molar-refractivity contribution in [3.63, 3.8) is 0 Å². The van der Waals surface area contributed by atoms with Crippen LogP contribution in [0.4, 0.5) is 4.39 Å². The van der Waals surface area contributed by atoms with Crippen molar-refractivity contribution in [2.75, 3.05) is 26.2 Å². The second-order valence-electron chi connectivity index (χ2n) is 5.09. The Labute approximate surface area is 106 Å². The number of hydrogen-bond donors (Lipinski definition) is 1. The van der Waals surface area contributed by atoms with E-state index in [1.54, 1.807) is 6.07 Å². The molecule has 1 aromatic carbocycles. The Kier molecular flexibility index (Phi) is 3.07. The smallest absolute Gasteiger partial charge is 0.146 e. The van der Waals surface area contributed by atoms with Crippen LogP contribution in [0.1, 0.15) is 5.56 Å². The topological polar surface area (TPSA) is 15.3 Å². The molecule has 17 heavy (non-hydrogen) atoms. The summed E-state index contributed by atoms with van der Waals surface area (Å²) in [7, 11) is 0. The van der Waals surface area contributed by atoms with Gasteiger partial charge in [0.1, 0.15) is 5.82 Å². The summed E-state index contributed by atoms with van der Waals surface area (Å²) in [5.74, 6) is 1.24. The molecule has 0 saturated carbocycles. The Hall–Kier alpha value is -0.640. The molecule has 0 radical (unpaired) electrons. The maximum absolute atomic E-state index is 13.8. The van der Waals surface area contributed by atoms with Gasteiger partial charge >= 0.3 is 0 Å². The summed E-state index contributed by atoms with van der Waals surface area (Å²) in [4.78, 5) is 2.34. The summed E-state index contributed by atoms with van der Waals surface area (Å²) in [6, 6.07) is 5.25. The number of fused-ring (bicyclic) bond motifs is 1. The molecule has 2 saturated heterocycles. The van der Waals surface area contributed by atoms with Crippen LogP contribution < -0.4 is 5.32 Å². The third-order valence-electron chi connectivity index (χ3n) is 3.89. The van der Waals surface area contributed by atoms with Crippen molar-refractivity contribution in [1.82, 2.24) is 10.2 Å². The predicted molar refractivity (Wildman–Crippen MR) is 66.5 cm³/mol. The van der Waals surface area contributed by atoms with Crippen molar-refractivity contribution in [3.05, 3.63) is 34.6 Å². The molecule has 0 bridgehead atoms. The van der Waals surface area contributed by atoms with Gasteiger partial charge < -0.3 is 5.32 Å². The minimum Gasteiger partial charge on any atom is -0.316 e. The zero-order valence-electron chi connectivity index (χ0n) is 9.63. The Balaban J connectivity index is 1.70. The lowest BCUT2D eigenvalue weighted by molar-refractivity contribution is 0.301. The molecule has 4 heteroatoms. The molecule has 2 heterocycles. The molecule has 2 nitrogen and oxygen atoms in total. The Morgan fingerprint density at radius 2 is 2.00 bits per heavy atom. The highest BCUT2D eigenvalue weighted by atomic mass is 35.5. The van der Waals surface area contributed by atoms with Crippen LogP contribution in [0.15, 0.2) is 18.2 Å². The molecular weight excluding hydrogens is 239 g/mol. The third kappa shape index (κ3) is 2.19. The van der Waals surface area contributed by atoms with Gasteiger partial charge in [0.2, 0.25) is 0 Å². The maximum Gasteiger partial charge on any atom is 0.146 e. The van der Waals surface area contributed by atoms with Gasteiger partial charge in [0.05, 0.1) is 5.02 Å². The number of halogens is 2. The standard InChI is InChI=1S/C13H16ClFN2/c14-12-3-1-2-9(13(12)15)6-17-7-10-4-16-5-11(10)8-17/h1-3,10-11,16H,4-8H2/t10-,11+. The number of benzene rings is 1. The fourth-order valence-electron chi connectivity index (χ4n) is 2.99. The summed E-state index contributed by atoms with van der Waals surface area (Å²) >= 11 is 5.79. The van der Waals surface area contributed by atoms with Gasteiger partial charge in [-0.2, -0.15) is 0 Å². The molecule has 2 aliphatic rings. The van der Waals surface area contributed by atoms with E-state index in [1.807, 2.05) is 12.1 Å². The lowest BCUT2D eigenvalue weighted by Crippen LogP contribution is -2.25. The van der Waals surface area contributed by atoms with E-state index in [2.05, 4.69) is 10.2 Å². The molecule has 0 aromatic heterocycles. The average molecular weight is 255 g/mol. The van der Waals surface area contributed by atoms with E-state index in [-0.39, 0.29) is 10.8 Å². The fourth-order valence-corrected chi connectivity index (χ4v) is 3.19. The average Bonchev–Trinajstić information content (AvgIpc) is 2.85. The quantitative estimate of drug-likeness (QED) is 0.870. The zero-order valence-corrected chi connectivity index (χ0v) is 10.4. The van der Waals surface area contributed by atoms with Gasteiger partial charge in [-0.25, -0.2) is 4.39 Å². The highest BCUT2D eigenvalue weighted by molar-refractivity contribution is 6.30. The van der Waals surface area contributed by atoms with E-state index in [1.165, 1.54) is 0 Å². The molecule has 92 valence electrons. The van der Waals surface area contributed by atoms with Crippen LogP contribution in [-0.2, 0) is 6.54 Å². The number of nitrogens with zero attached hydrogens (tertiary/aromatic N) is 1. The molecule has 0 unspecified atom stereocenters. The highest BCUT2D eigenvalue weighted by Crippen LogP contribution is 2.28. The molecule has 0 amide bonds. The molecule has 0 spiro atoms. The van der Waals surface area contributed by atoms with E-state index in [4.69, 9.17) is 11.6 Å². The number of hydrogen-bond acceptors (Lipinski definition) is 2. The van der Waals surface area contributed by atoms with Crippen molar-refractivity contribution in [2.45, 2.75) is 6.54 Å². The minimum atomic E-state index is -0.260. The first kappa shape index (κ1) is 11.5. The SMILES string of the molecule is Fc1c(Cl)cccc1CN1C[C@H]2CNC[C@H]2C1. The van der Waals surface area contributed by atoms with Crippen LogP contribution in [0, 0.1) is 17.7 Å². The molecule has 1 aromatic rings. The van der Waals surface area contributed by atoms with E-state index < -0.39 is 0 Å². The first-order chi connectivity index (χ1) is 8.24. The monoisotopic (exact) mass is 254 g/mol. The predicted octanol–water partition coefficient (Wildman–Crippen LogP) is 2.13. The van der Waals surface area contributed by atoms with Gasteiger partial charge in [-0.15, -0.1) is 0 Å². The van der Waals surface area contributed by atoms with Crippen molar-refractivity contribution in [1.29, 1.82) is 0 Å². The lowest BCUT2D eigenvalue weighted by Gasteiger charge is -2.17. The lowest BCUT2D eigenvalue weighted by atomic mass is 10.0. The van der Waals surface area contributed by atoms with Gasteiger partial charge in [-0.3, -0.25) is 4.90 Å². The van der Waals surface area contributed by atoms with Gasteiger partial charge in [0.15, 0.2) is 0 Å². The van der Waals surface area contributed by atoms with Gasteiger partial charge in [-0.1, -0.05) is 23.7 Å². The minimum absolute atomic E-state index is 0.226. The molecule has 1 N–H and O–H groups in total. The van der Waals surface area contributed by atoms with E-state index in [0.717, 1.165) is 38.0 Å². The van der Waals surface area contributed by atoms with Crippen molar-refractivity contribution in [3.8, 4) is 0 Å². The molecule has 2 atom stereocenters. The van der Waals surface area contributed by atoms with Crippen LogP contribution >= 0.6 is 11.6 Å². The second kappa shape index (κ2) is 4.56. The third-order valence-corrected chi connectivity index (χ3v) is 4.18. The van der Waals surface area contributed by atoms with E-state index in [9.17, 15) is 4.39 Å². The van der Waals surface area contributed by atoms with Crippen LogP contribution in [0.2, 0.25) is 5.02 Å². The summed E-state index contributed by atoms with van der Waals surface area (Å²) in [6.07, 6.45) is 0. The normalized spacial score (nSPS) is 28.6. The summed E-state index contributed by atoms with van der Waals surface area (Å²) in [6.45, 7) is 5.05. The summed E-state index contributed by atoms with van der Waals surface area (Å²) < 4.78 is 13.8. The van der Waals surface area contributed by atoms with Crippen molar-refractivity contribution < 1.29 is 4.39 Å². The highest BCUT2D eigenvalue weighted by Gasteiger charge is 2.35. The first-order valence-electron chi connectivity index (χ1n) is 6.10. The fraction of sp³-hybridized carbons (Fsp3) is 0.538. The maximum atomic E-state index is 13.8. The van der Waals surface area contributed by atoms with Gasteiger partial charge in [0.25, 0.3) is 0 Å². The number of nitrogens with one attached hydrogen (secondary N) is 1. The van der Waals surface area contributed by atoms with Gasteiger partial charge in [-0.05, 0) is 31.0 Å². The van der Waals surface area contributed by atoms with Crippen LogP contribution in [-0.4, -0.2) is 31.1 Å². The number of rotatable bonds is 2. The van der Waals surface area contributed by atoms with Crippen LogP contribution in [0.3, 0.4) is 0 Å². The summed E-state index contributed by atoms with van der Waals surface area (Å²) in [5.41, 5.74) is 0.713. The Morgan fingerprint density at radius 1 is 1.29 bits per heavy atom. The first-order valence-corrected chi connectivity index (χ1v) is 6.48. The zero-order chi connectivity index (χ0) is 11.8. The largest absolute Gasteiger partial charge is 0.316 e. The summed E-state index contributed by atoms with van der Waals surface area (Å²) in [5, 5.41) is 3.63. The van der Waals surface area contributed by atoms with E-state index in [0.29, 0.717) is 12.1 Å². The van der Waals surface area contributed by atoms with Crippen LogP contribution in [0.5, 0.6) is 0 Å². The van der Waals surface area contributed by atoms with Gasteiger partial charge in [0, 0.05) is 25.2 Å². The number of likely N-dealkylation sites (tertiary alicyclic amines) is 1. The second-order valence-corrected chi connectivity index (χ2v) is 5.49. The van der Waals surface area contributed by atoms with Crippen LogP contribution in [0.25, 0.3) is 0 Å². The molecule has 0 aliphatic carbocycles. The van der Waals surface area contributed by atoms with Crippen molar-refractivity contribution >= 4 is 11.6 Å². The Bertz CT molecular complexity index is 412.